The highest BCUT2D eigenvalue weighted by Crippen LogP contribution is 2.31. The summed E-state index contributed by atoms with van der Waals surface area (Å²) in [6, 6.07) is 10.9. The molecule has 0 unspecified atom stereocenters. The van der Waals surface area contributed by atoms with Gasteiger partial charge in [-0.3, -0.25) is 0 Å². The topological polar surface area (TPSA) is 64.0 Å². The van der Waals surface area contributed by atoms with Crippen LogP contribution in [0, 0.1) is 13.8 Å². The number of alkyl halides is 3. The summed E-state index contributed by atoms with van der Waals surface area (Å²) in [6.45, 7) is 3.27. The number of hydrogen-bond donors (Lipinski definition) is 1. The summed E-state index contributed by atoms with van der Waals surface area (Å²) in [5, 5.41) is 0. The van der Waals surface area contributed by atoms with Gasteiger partial charge in [-0.2, -0.15) is 13.2 Å². The average Bonchev–Trinajstić information content (AvgIpc) is 2.96. The van der Waals surface area contributed by atoms with Crippen molar-refractivity contribution in [2.75, 3.05) is 6.54 Å². The van der Waals surface area contributed by atoms with Gasteiger partial charge in [0.25, 0.3) is 0 Å². The van der Waals surface area contributed by atoms with Gasteiger partial charge in [0, 0.05) is 13.1 Å². The molecule has 0 atom stereocenters. The summed E-state index contributed by atoms with van der Waals surface area (Å²) in [4.78, 5) is 3.72. The summed E-state index contributed by atoms with van der Waals surface area (Å²) < 4.78 is 68.0. The molecule has 0 amide bonds. The molecule has 0 spiro atoms. The quantitative estimate of drug-likeness (QED) is 0.715. The molecule has 0 radical (unpaired) electrons. The van der Waals surface area contributed by atoms with Crippen LogP contribution in [0.15, 0.2) is 47.4 Å². The lowest BCUT2D eigenvalue weighted by Crippen LogP contribution is -2.28. The highest BCUT2D eigenvalue weighted by Gasteiger charge is 2.37. The molecule has 0 saturated heterocycles. The second kappa shape index (κ2) is 6.97. The number of aromatic nitrogens is 2. The summed E-state index contributed by atoms with van der Waals surface area (Å²) in [7, 11) is -3.82. The van der Waals surface area contributed by atoms with Gasteiger partial charge in [0.1, 0.15) is 0 Å². The van der Waals surface area contributed by atoms with Crippen molar-refractivity contribution < 1.29 is 21.6 Å². The van der Waals surface area contributed by atoms with Crippen molar-refractivity contribution in [2.24, 2.45) is 0 Å². The van der Waals surface area contributed by atoms with Crippen molar-refractivity contribution in [3.63, 3.8) is 0 Å². The molecule has 0 aliphatic carbocycles. The van der Waals surface area contributed by atoms with Gasteiger partial charge in [-0.05, 0) is 49.2 Å². The summed E-state index contributed by atoms with van der Waals surface area (Å²) in [6.07, 6.45) is -4.63. The van der Waals surface area contributed by atoms with Crippen LogP contribution in [0.5, 0.6) is 0 Å². The monoisotopic (exact) mass is 397 g/mol. The van der Waals surface area contributed by atoms with Crippen LogP contribution in [-0.4, -0.2) is 24.5 Å². The molecule has 3 aromatic rings. The van der Waals surface area contributed by atoms with E-state index >= 15 is 0 Å². The maximum Gasteiger partial charge on any atom is 0.449 e. The Labute approximate surface area is 154 Å². The second-order valence-corrected chi connectivity index (χ2v) is 7.98. The Balaban J connectivity index is 1.84. The maximum atomic E-state index is 13.3. The van der Waals surface area contributed by atoms with Crippen LogP contribution >= 0.6 is 0 Å². The highest BCUT2D eigenvalue weighted by molar-refractivity contribution is 7.89. The van der Waals surface area contributed by atoms with Crippen molar-refractivity contribution in [3.05, 3.63) is 59.4 Å². The van der Waals surface area contributed by atoms with E-state index in [-0.39, 0.29) is 23.5 Å². The molecule has 2 aromatic carbocycles. The van der Waals surface area contributed by atoms with Crippen molar-refractivity contribution in [1.82, 2.24) is 14.3 Å². The van der Waals surface area contributed by atoms with Gasteiger partial charge in [0.2, 0.25) is 15.8 Å². The van der Waals surface area contributed by atoms with Gasteiger partial charge < -0.3 is 4.57 Å². The number of fused-ring (bicyclic) bond motifs is 1. The minimum Gasteiger partial charge on any atom is -0.319 e. The maximum absolute atomic E-state index is 13.3. The van der Waals surface area contributed by atoms with Crippen LogP contribution in [0.2, 0.25) is 0 Å². The zero-order chi connectivity index (χ0) is 19.8. The molecule has 5 nitrogen and oxygen atoms in total. The molecular weight excluding hydrogens is 379 g/mol. The first-order chi connectivity index (χ1) is 12.6. The molecular formula is C18H18F3N3O2S. The van der Waals surface area contributed by atoms with Crippen LogP contribution in [0.3, 0.4) is 0 Å². The number of sulfonamides is 1. The lowest BCUT2D eigenvalue weighted by atomic mass is 10.1. The first-order valence-electron chi connectivity index (χ1n) is 8.19. The second-order valence-electron chi connectivity index (χ2n) is 6.22. The van der Waals surface area contributed by atoms with Gasteiger partial charge in [-0.25, -0.2) is 18.1 Å². The predicted octanol–water partition coefficient (Wildman–Crippen LogP) is 3.65. The normalized spacial score (nSPS) is 12.6. The lowest BCUT2D eigenvalue weighted by Gasteiger charge is -2.13. The Bertz CT molecular complexity index is 1090. The largest absolute Gasteiger partial charge is 0.449 e. The van der Waals surface area contributed by atoms with E-state index in [2.05, 4.69) is 9.71 Å². The molecule has 1 aromatic heterocycles. The smallest absolute Gasteiger partial charge is 0.319 e. The Kier molecular flexibility index (Phi) is 5.00. The number of aryl methyl sites for hydroxylation is 2. The predicted molar refractivity (Wildman–Crippen MR) is 95.8 cm³/mol. The molecule has 0 aliphatic heterocycles. The Morgan fingerprint density at radius 3 is 2.44 bits per heavy atom. The fourth-order valence-electron chi connectivity index (χ4n) is 2.77. The third-order valence-electron chi connectivity index (χ3n) is 4.32. The van der Waals surface area contributed by atoms with Crippen LogP contribution in [0.25, 0.3) is 11.0 Å². The molecule has 27 heavy (non-hydrogen) atoms. The minimum absolute atomic E-state index is 0.0807. The number of para-hydroxylation sites is 2. The van der Waals surface area contributed by atoms with E-state index in [0.717, 1.165) is 15.7 Å². The zero-order valence-electron chi connectivity index (χ0n) is 14.7. The molecule has 3 rings (SSSR count). The third kappa shape index (κ3) is 3.98. The van der Waals surface area contributed by atoms with Gasteiger partial charge in [0.15, 0.2) is 0 Å². The fraction of sp³-hybridized carbons (Fsp3) is 0.278. The Morgan fingerprint density at radius 1 is 1.07 bits per heavy atom. The van der Waals surface area contributed by atoms with E-state index in [0.29, 0.717) is 5.52 Å². The molecule has 0 aliphatic rings. The van der Waals surface area contributed by atoms with Gasteiger partial charge in [-0.1, -0.05) is 18.2 Å². The third-order valence-corrected chi connectivity index (χ3v) is 5.78. The van der Waals surface area contributed by atoms with E-state index < -0.39 is 22.0 Å². The number of rotatable bonds is 5. The van der Waals surface area contributed by atoms with E-state index in [1.54, 1.807) is 25.1 Å². The highest BCUT2D eigenvalue weighted by atomic mass is 32.2. The van der Waals surface area contributed by atoms with Crippen molar-refractivity contribution in [3.8, 4) is 0 Å². The molecule has 1 heterocycles. The molecule has 9 heteroatoms. The van der Waals surface area contributed by atoms with E-state index in [1.165, 1.54) is 24.3 Å². The first-order valence-corrected chi connectivity index (χ1v) is 9.67. The minimum atomic E-state index is -4.63. The SMILES string of the molecule is Cc1ccc(S(=O)(=O)NCCn2c(C(F)(F)F)nc3ccccc32)cc1C. The zero-order valence-corrected chi connectivity index (χ0v) is 15.5. The van der Waals surface area contributed by atoms with Gasteiger partial charge in [-0.15, -0.1) is 0 Å². The molecule has 144 valence electrons. The lowest BCUT2D eigenvalue weighted by molar-refractivity contribution is -0.146. The Morgan fingerprint density at radius 2 is 1.78 bits per heavy atom. The van der Waals surface area contributed by atoms with Gasteiger partial charge in [0.05, 0.1) is 15.9 Å². The van der Waals surface area contributed by atoms with E-state index in [4.69, 9.17) is 0 Å². The summed E-state index contributed by atoms with van der Waals surface area (Å²) in [5.41, 5.74) is 2.28. The number of benzene rings is 2. The number of halogens is 3. The molecule has 0 saturated carbocycles. The first kappa shape index (κ1) is 19.4. The number of nitrogens with one attached hydrogen (secondary N) is 1. The van der Waals surface area contributed by atoms with Crippen molar-refractivity contribution in [2.45, 2.75) is 31.5 Å². The summed E-state index contributed by atoms with van der Waals surface area (Å²) >= 11 is 0. The average molecular weight is 397 g/mol. The molecule has 1 N–H and O–H groups in total. The Hall–Kier alpha value is -2.39. The van der Waals surface area contributed by atoms with Crippen molar-refractivity contribution >= 4 is 21.1 Å². The standard InChI is InChI=1S/C18H18F3N3O2S/c1-12-7-8-14(11-13(12)2)27(25,26)22-9-10-24-16-6-4-3-5-15(16)23-17(24)18(19,20)21/h3-8,11,22H,9-10H2,1-2H3. The van der Waals surface area contributed by atoms with E-state index in [1.807, 2.05) is 6.92 Å². The molecule has 0 bridgehead atoms. The van der Waals surface area contributed by atoms with Gasteiger partial charge >= 0.3 is 6.18 Å². The van der Waals surface area contributed by atoms with Crippen LogP contribution in [0.1, 0.15) is 17.0 Å². The van der Waals surface area contributed by atoms with Crippen molar-refractivity contribution in [1.29, 1.82) is 0 Å². The van der Waals surface area contributed by atoms with Crippen LogP contribution < -0.4 is 4.72 Å². The number of nitrogens with zero attached hydrogens (tertiary/aromatic N) is 2. The summed E-state index contributed by atoms with van der Waals surface area (Å²) in [5.74, 6) is -1.05. The fourth-order valence-corrected chi connectivity index (χ4v) is 3.88. The van der Waals surface area contributed by atoms with Crippen LogP contribution in [0.4, 0.5) is 13.2 Å². The van der Waals surface area contributed by atoms with E-state index in [9.17, 15) is 21.6 Å². The molecule has 0 fully saturated rings. The number of imidazole rings is 1. The van der Waals surface area contributed by atoms with Crippen LogP contribution in [-0.2, 0) is 22.7 Å². The number of hydrogen-bond acceptors (Lipinski definition) is 3.